The van der Waals surface area contributed by atoms with Gasteiger partial charge in [-0.3, -0.25) is 9.59 Å². The summed E-state index contributed by atoms with van der Waals surface area (Å²) < 4.78 is 11.1. The SMILES string of the molecule is COC(=O)C(C)CCCCSC1=CC(O[Si](C)(C)C(C)(C)C)CC1=O. The first kappa shape index (κ1) is 22.4. The van der Waals surface area contributed by atoms with Gasteiger partial charge in [0, 0.05) is 11.3 Å². The Bertz CT molecular complexity index is 508. The van der Waals surface area contributed by atoms with E-state index < -0.39 is 8.32 Å². The number of rotatable bonds is 9. The number of allylic oxidation sites excluding steroid dienone is 1. The molecule has 2 atom stereocenters. The van der Waals surface area contributed by atoms with E-state index in [1.165, 1.54) is 7.11 Å². The second-order valence-electron chi connectivity index (χ2n) is 8.34. The third kappa shape index (κ3) is 6.91. The van der Waals surface area contributed by atoms with Crippen LogP contribution in [-0.4, -0.2) is 39.0 Å². The minimum atomic E-state index is -1.85. The number of ether oxygens (including phenoxy) is 1. The fourth-order valence-corrected chi connectivity index (χ4v) is 4.74. The van der Waals surface area contributed by atoms with Gasteiger partial charge >= 0.3 is 5.97 Å². The van der Waals surface area contributed by atoms with Gasteiger partial charge in [0.1, 0.15) is 0 Å². The second kappa shape index (κ2) is 9.37. The van der Waals surface area contributed by atoms with E-state index in [0.717, 1.165) is 29.9 Å². The molecule has 25 heavy (non-hydrogen) atoms. The summed E-state index contributed by atoms with van der Waals surface area (Å²) in [7, 11) is -0.424. The zero-order valence-electron chi connectivity index (χ0n) is 16.8. The van der Waals surface area contributed by atoms with Crippen LogP contribution < -0.4 is 0 Å². The van der Waals surface area contributed by atoms with Crippen LogP contribution >= 0.6 is 11.8 Å². The van der Waals surface area contributed by atoms with E-state index in [9.17, 15) is 9.59 Å². The highest BCUT2D eigenvalue weighted by Gasteiger charge is 2.40. The lowest BCUT2D eigenvalue weighted by atomic mass is 10.1. The highest BCUT2D eigenvalue weighted by molar-refractivity contribution is 8.04. The van der Waals surface area contributed by atoms with Gasteiger partial charge in [-0.25, -0.2) is 0 Å². The maximum atomic E-state index is 12.2. The molecule has 2 unspecified atom stereocenters. The number of hydrogen-bond donors (Lipinski definition) is 0. The van der Waals surface area contributed by atoms with Crippen LogP contribution in [0.2, 0.25) is 18.1 Å². The zero-order chi connectivity index (χ0) is 19.3. The van der Waals surface area contributed by atoms with Gasteiger partial charge in [0.25, 0.3) is 0 Å². The average molecular weight is 387 g/mol. The highest BCUT2D eigenvalue weighted by Crippen LogP contribution is 2.39. The summed E-state index contributed by atoms with van der Waals surface area (Å²) in [6.07, 6.45) is 5.23. The summed E-state index contributed by atoms with van der Waals surface area (Å²) in [6.45, 7) is 13.0. The molecule has 0 fully saturated rings. The van der Waals surface area contributed by atoms with Gasteiger partial charge in [-0.15, -0.1) is 11.8 Å². The minimum absolute atomic E-state index is 0.0512. The lowest BCUT2D eigenvalue weighted by Crippen LogP contribution is -2.43. The quantitative estimate of drug-likeness (QED) is 0.319. The van der Waals surface area contributed by atoms with Crippen molar-refractivity contribution in [3.05, 3.63) is 11.0 Å². The molecule has 0 heterocycles. The van der Waals surface area contributed by atoms with Crippen molar-refractivity contribution in [2.24, 2.45) is 5.92 Å². The highest BCUT2D eigenvalue weighted by atomic mass is 32.2. The number of unbranched alkanes of at least 4 members (excludes halogenated alkanes) is 1. The maximum absolute atomic E-state index is 12.2. The molecule has 0 aromatic heterocycles. The summed E-state index contributed by atoms with van der Waals surface area (Å²) in [4.78, 5) is 24.4. The van der Waals surface area contributed by atoms with Crippen LogP contribution in [0.1, 0.15) is 53.4 Å². The zero-order valence-corrected chi connectivity index (χ0v) is 18.6. The van der Waals surface area contributed by atoms with Crippen molar-refractivity contribution in [1.29, 1.82) is 0 Å². The standard InChI is InChI=1S/C19H34O4SSi/c1-14(18(21)22-5)10-8-9-11-24-17-13-15(12-16(17)20)23-25(6,7)19(2,3)4/h13-15H,8-12H2,1-7H3. The molecule has 0 N–H and O–H groups in total. The molecule has 0 spiro atoms. The summed E-state index contributed by atoms with van der Waals surface area (Å²) in [6, 6.07) is 0. The van der Waals surface area contributed by atoms with Gasteiger partial charge in [0.05, 0.1) is 19.1 Å². The van der Waals surface area contributed by atoms with Crippen molar-refractivity contribution in [3.63, 3.8) is 0 Å². The van der Waals surface area contributed by atoms with Crippen molar-refractivity contribution >= 4 is 31.8 Å². The van der Waals surface area contributed by atoms with Gasteiger partial charge < -0.3 is 9.16 Å². The van der Waals surface area contributed by atoms with Crippen LogP contribution in [0.5, 0.6) is 0 Å². The molecule has 4 nitrogen and oxygen atoms in total. The molecule has 0 aliphatic heterocycles. The van der Waals surface area contributed by atoms with Crippen LogP contribution in [0.15, 0.2) is 11.0 Å². The molecule has 0 saturated heterocycles. The summed E-state index contributed by atoms with van der Waals surface area (Å²) in [5.74, 6) is 0.909. The number of Topliss-reactive ketones (excluding diaryl/α,β-unsaturated/α-hetero) is 1. The fraction of sp³-hybridized carbons (Fsp3) is 0.789. The number of esters is 1. The first-order valence-electron chi connectivity index (χ1n) is 9.11. The molecule has 0 aromatic rings. The molecule has 144 valence electrons. The smallest absolute Gasteiger partial charge is 0.308 e. The predicted molar refractivity (Wildman–Crippen MR) is 107 cm³/mol. The van der Waals surface area contributed by atoms with Gasteiger partial charge in [0.15, 0.2) is 14.1 Å². The Morgan fingerprint density at radius 1 is 1.36 bits per heavy atom. The Hall–Kier alpha value is -0.593. The van der Waals surface area contributed by atoms with Crippen LogP contribution in [0.25, 0.3) is 0 Å². The van der Waals surface area contributed by atoms with E-state index in [4.69, 9.17) is 9.16 Å². The van der Waals surface area contributed by atoms with Crippen molar-refractivity contribution in [2.75, 3.05) is 12.9 Å². The Balaban J connectivity index is 2.39. The molecule has 1 aliphatic carbocycles. The van der Waals surface area contributed by atoms with Gasteiger partial charge in [-0.2, -0.15) is 0 Å². The monoisotopic (exact) mass is 386 g/mol. The van der Waals surface area contributed by atoms with Gasteiger partial charge in [-0.05, 0) is 42.8 Å². The number of carbonyl (C=O) groups is 2. The third-order valence-electron chi connectivity index (χ3n) is 5.14. The molecule has 0 saturated carbocycles. The fourth-order valence-electron chi connectivity index (χ4n) is 2.42. The van der Waals surface area contributed by atoms with Crippen molar-refractivity contribution < 1.29 is 18.8 Å². The number of ketones is 1. The molecular weight excluding hydrogens is 352 g/mol. The number of hydrogen-bond acceptors (Lipinski definition) is 5. The maximum Gasteiger partial charge on any atom is 0.308 e. The summed E-state index contributed by atoms with van der Waals surface area (Å²) in [5, 5.41) is 0.149. The third-order valence-corrected chi connectivity index (χ3v) is 10.8. The Labute approximate surface area is 158 Å². The first-order valence-corrected chi connectivity index (χ1v) is 13.0. The van der Waals surface area contributed by atoms with Gasteiger partial charge in [0.2, 0.25) is 0 Å². The van der Waals surface area contributed by atoms with Crippen molar-refractivity contribution in [1.82, 2.24) is 0 Å². The first-order chi connectivity index (χ1) is 11.5. The number of carbonyl (C=O) groups excluding carboxylic acids is 2. The van der Waals surface area contributed by atoms with Crippen molar-refractivity contribution in [3.8, 4) is 0 Å². The Morgan fingerprint density at radius 2 is 2.00 bits per heavy atom. The average Bonchev–Trinajstić information content (AvgIpc) is 2.83. The summed E-state index contributed by atoms with van der Waals surface area (Å²) in [5.41, 5.74) is 0. The van der Waals surface area contributed by atoms with Crippen LogP contribution in [0.4, 0.5) is 0 Å². The van der Waals surface area contributed by atoms with E-state index in [1.807, 2.05) is 13.0 Å². The summed E-state index contributed by atoms with van der Waals surface area (Å²) >= 11 is 1.63. The van der Waals surface area contributed by atoms with Crippen LogP contribution in [0.3, 0.4) is 0 Å². The molecule has 0 bridgehead atoms. The van der Waals surface area contributed by atoms with Crippen LogP contribution in [0, 0.1) is 5.92 Å². The molecule has 0 amide bonds. The van der Waals surface area contributed by atoms with Crippen LogP contribution in [-0.2, 0) is 18.8 Å². The largest absolute Gasteiger partial charge is 0.469 e. The van der Waals surface area contributed by atoms with Crippen molar-refractivity contribution in [2.45, 2.75) is 77.6 Å². The molecule has 0 radical (unpaired) electrons. The molecule has 1 rings (SSSR count). The van der Waals surface area contributed by atoms with Gasteiger partial charge in [-0.1, -0.05) is 34.1 Å². The van der Waals surface area contributed by atoms with E-state index in [1.54, 1.807) is 11.8 Å². The van der Waals surface area contributed by atoms with E-state index in [-0.39, 0.29) is 28.8 Å². The topological polar surface area (TPSA) is 52.6 Å². The van der Waals surface area contributed by atoms with E-state index in [2.05, 4.69) is 33.9 Å². The molecular formula is C19H34O4SSi. The number of methoxy groups -OCH3 is 1. The van der Waals surface area contributed by atoms with E-state index in [0.29, 0.717) is 6.42 Å². The Kier molecular flexibility index (Phi) is 8.42. The predicted octanol–water partition coefficient (Wildman–Crippen LogP) is 4.95. The molecule has 6 heteroatoms. The molecule has 1 aliphatic rings. The Morgan fingerprint density at radius 3 is 2.56 bits per heavy atom. The van der Waals surface area contributed by atoms with E-state index >= 15 is 0 Å². The normalized spacial score (nSPS) is 19.7. The lowest BCUT2D eigenvalue weighted by molar-refractivity contribution is -0.145. The minimum Gasteiger partial charge on any atom is -0.469 e. The second-order valence-corrected chi connectivity index (χ2v) is 14.2. The number of thioether (sulfide) groups is 1. The lowest BCUT2D eigenvalue weighted by Gasteiger charge is -2.37. The molecule has 0 aromatic carbocycles.